The number of imide groups is 4. The van der Waals surface area contributed by atoms with Crippen molar-refractivity contribution in [3.05, 3.63) is 252 Å². The van der Waals surface area contributed by atoms with Gasteiger partial charge in [0.2, 0.25) is 0 Å². The number of carbonyl (C=O) groups excluding carboxylic acids is 8. The zero-order valence-electron chi connectivity index (χ0n) is 47.7. The highest BCUT2D eigenvalue weighted by Gasteiger charge is 2.57. The van der Waals surface area contributed by atoms with Gasteiger partial charge in [0.05, 0.1) is 72.7 Å². The van der Waals surface area contributed by atoms with Crippen molar-refractivity contribution in [2.24, 2.45) is 0 Å². The van der Waals surface area contributed by atoms with E-state index in [1.54, 1.807) is 12.1 Å². The van der Waals surface area contributed by atoms with Crippen molar-refractivity contribution in [2.75, 3.05) is 21.7 Å². The number of aryl methyl sites for hydroxylation is 1. The number of benzene rings is 8. The van der Waals surface area contributed by atoms with E-state index in [4.69, 9.17) is 4.74 Å². The molecule has 13 nitrogen and oxygen atoms in total. The number of hydrogen-bond acceptors (Lipinski definition) is 9. The van der Waals surface area contributed by atoms with E-state index in [1.165, 1.54) is 12.1 Å². The molecule has 25 heteroatoms. The molecule has 0 fully saturated rings. The van der Waals surface area contributed by atoms with Crippen molar-refractivity contribution in [2.45, 2.75) is 62.7 Å². The third kappa shape index (κ3) is 9.74. The molecular weight excluding hydrogens is 1230 g/mol. The van der Waals surface area contributed by atoms with Crippen molar-refractivity contribution < 1.29 is 95.8 Å². The van der Waals surface area contributed by atoms with E-state index in [0.29, 0.717) is 49.4 Å². The van der Waals surface area contributed by atoms with Gasteiger partial charge in [-0.1, -0.05) is 66.2 Å². The first-order valence-corrected chi connectivity index (χ1v) is 27.5. The third-order valence-electron chi connectivity index (χ3n) is 17.1. The van der Waals surface area contributed by atoms with E-state index >= 15 is 26.3 Å². The molecule has 8 amide bonds. The highest BCUT2D eigenvalue weighted by atomic mass is 19.4. The average Bonchev–Trinajstić information content (AvgIpc) is 1.79. The Balaban J connectivity index is 0.841. The molecule has 2 unspecified atom stereocenters. The molecule has 12 rings (SSSR count). The summed E-state index contributed by atoms with van der Waals surface area (Å²) in [5, 5.41) is 0. The molecule has 0 saturated carbocycles. The Labute approximate surface area is 511 Å². The summed E-state index contributed by atoms with van der Waals surface area (Å²) in [6.45, 7) is 3.31. The molecule has 92 heavy (non-hydrogen) atoms. The zero-order chi connectivity index (χ0) is 66.4. The van der Waals surface area contributed by atoms with Gasteiger partial charge < -0.3 is 4.74 Å². The Morgan fingerprint density at radius 1 is 0.326 bits per heavy atom. The van der Waals surface area contributed by atoms with Gasteiger partial charge in [0.15, 0.2) is 0 Å². The maximum absolute atomic E-state index is 15.7. The number of halogens is 12. The third-order valence-corrected chi connectivity index (χ3v) is 17.1. The summed E-state index contributed by atoms with van der Waals surface area (Å²) in [7, 11) is 1.11. The first-order valence-electron chi connectivity index (χ1n) is 27.5. The number of amides is 8. The Hall–Kier alpha value is -10.7. The van der Waals surface area contributed by atoms with Gasteiger partial charge in [0, 0.05) is 19.2 Å². The summed E-state index contributed by atoms with van der Waals surface area (Å²) in [5.41, 5.74) is -15.0. The van der Waals surface area contributed by atoms with E-state index in [9.17, 15) is 64.7 Å². The van der Waals surface area contributed by atoms with E-state index in [1.807, 2.05) is 31.2 Å². The molecule has 8 aromatic rings. The van der Waals surface area contributed by atoms with Crippen LogP contribution in [0.3, 0.4) is 0 Å². The van der Waals surface area contributed by atoms with Gasteiger partial charge in [-0.2, -0.15) is 52.7 Å². The second kappa shape index (κ2) is 20.9. The van der Waals surface area contributed by atoms with Crippen molar-refractivity contribution >= 4 is 64.3 Å². The quantitative estimate of drug-likeness (QED) is 0.0907. The number of hydrogen-bond donors (Lipinski definition) is 0. The van der Waals surface area contributed by atoms with Gasteiger partial charge >= 0.3 is 24.7 Å². The summed E-state index contributed by atoms with van der Waals surface area (Å²) >= 11 is 0. The molecule has 0 radical (unpaired) electrons. The maximum Gasteiger partial charge on any atom is 0.416 e. The van der Waals surface area contributed by atoms with Gasteiger partial charge in [0.25, 0.3) is 47.3 Å². The minimum absolute atomic E-state index is 0.128. The van der Waals surface area contributed by atoms with Crippen LogP contribution in [-0.2, 0) is 29.6 Å². The molecule has 4 aliphatic rings. The molecule has 0 N–H and O–H groups in total. The smallest absolute Gasteiger partial charge is 0.416 e. The Kier molecular flexibility index (Phi) is 14.0. The van der Waals surface area contributed by atoms with E-state index in [0.717, 1.165) is 89.3 Å². The molecule has 8 aromatic carbocycles. The molecule has 0 aromatic heterocycles. The van der Waals surface area contributed by atoms with Crippen molar-refractivity contribution in [1.29, 1.82) is 0 Å². The standard InChI is InChI=1S/C67H40F12N4O9/c1-32-5-7-33(8-6-32)21-34-9-15-41(16-10-34)81-56(86)47-18-12-36(27-51(47)59(81)89)63(3,67(77,78)79)38-14-20-49-53(29-38)61(91)83(58(49)88)43-23-40(65(71,72)73)25-45(31-43)92-44-24-39(64(68,69)70)22-42(30-44)82-57(87)48-19-13-37(28-52(48)60(82)90)62(2,66(74,75)76)35-11-17-46-50(26-35)55(85)80(4)54(46)84/h5-20,22-31H,21H2,1-4H3. The number of fused-ring (bicyclic) bond motifs is 4. The predicted octanol–water partition coefficient (Wildman–Crippen LogP) is 14.8. The van der Waals surface area contributed by atoms with Crippen LogP contribution in [0.25, 0.3) is 0 Å². The van der Waals surface area contributed by atoms with Gasteiger partial charge in [-0.15, -0.1) is 0 Å². The van der Waals surface area contributed by atoms with Crippen LogP contribution in [0.1, 0.15) is 147 Å². The first kappa shape index (κ1) is 61.5. The van der Waals surface area contributed by atoms with Crippen LogP contribution in [0.4, 0.5) is 69.7 Å². The highest BCUT2D eigenvalue weighted by molar-refractivity contribution is 6.36. The Morgan fingerprint density at radius 3 is 0.957 bits per heavy atom. The second-order valence-electron chi connectivity index (χ2n) is 22.7. The number of ether oxygens (including phenoxy) is 1. The molecule has 4 aliphatic heterocycles. The topological polar surface area (TPSA) is 159 Å². The van der Waals surface area contributed by atoms with Crippen molar-refractivity contribution in [3.63, 3.8) is 0 Å². The van der Waals surface area contributed by atoms with Crippen LogP contribution in [0.15, 0.2) is 158 Å². The lowest BCUT2D eigenvalue weighted by atomic mass is 9.74. The molecule has 0 aliphatic carbocycles. The molecule has 4 heterocycles. The molecule has 2 atom stereocenters. The number of carbonyl (C=O) groups is 8. The molecule has 0 bridgehead atoms. The fraction of sp³-hybridized carbons (Fsp3) is 0.164. The van der Waals surface area contributed by atoms with Crippen LogP contribution in [0, 0.1) is 6.92 Å². The van der Waals surface area contributed by atoms with E-state index in [-0.39, 0.29) is 56.4 Å². The van der Waals surface area contributed by atoms with Crippen LogP contribution in [-0.4, -0.2) is 71.6 Å². The van der Waals surface area contributed by atoms with Crippen LogP contribution < -0.4 is 19.4 Å². The normalized spacial score (nSPS) is 16.3. The maximum atomic E-state index is 15.7. The lowest BCUT2D eigenvalue weighted by Gasteiger charge is -2.33. The fourth-order valence-electron chi connectivity index (χ4n) is 11.7. The summed E-state index contributed by atoms with van der Waals surface area (Å²) in [4.78, 5) is 111. The monoisotopic (exact) mass is 1270 g/mol. The largest absolute Gasteiger partial charge is 0.457 e. The first-order chi connectivity index (χ1) is 43.0. The summed E-state index contributed by atoms with van der Waals surface area (Å²) in [6, 6.07) is 26.6. The van der Waals surface area contributed by atoms with Crippen molar-refractivity contribution in [1.82, 2.24) is 4.90 Å². The number of alkyl halides is 12. The number of anilines is 3. The molecule has 0 spiro atoms. The second-order valence-corrected chi connectivity index (χ2v) is 22.7. The van der Waals surface area contributed by atoms with E-state index in [2.05, 4.69) is 0 Å². The number of nitrogens with zero attached hydrogens (tertiary/aromatic N) is 4. The minimum atomic E-state index is -5.38. The predicted molar refractivity (Wildman–Crippen MR) is 304 cm³/mol. The van der Waals surface area contributed by atoms with Gasteiger partial charge in [-0.25, -0.2) is 14.7 Å². The summed E-state index contributed by atoms with van der Waals surface area (Å²) in [6.07, 6.45) is -20.7. The Bertz CT molecular complexity index is 4610. The van der Waals surface area contributed by atoms with E-state index < -0.39 is 167 Å². The molecule has 466 valence electrons. The SMILES string of the molecule is Cc1ccc(Cc2ccc(N3C(=O)c4ccc(C(C)(c5ccc6c(c5)C(=O)N(c5cc(Oc7cc(N8C(=O)c9ccc(C(C)(c%10ccc%11c(c%10)C(=O)N(C)C%11=O)C(F)(F)F)cc9C8=O)cc(C(F)(F)F)c7)cc(C(F)(F)F)c5)C6=O)C(F)(F)F)cc4C3=O)cc2)cc1. The van der Waals surface area contributed by atoms with Crippen LogP contribution >= 0.6 is 0 Å². The highest BCUT2D eigenvalue weighted by Crippen LogP contribution is 2.51. The molecular formula is C67H40F12N4O9. The van der Waals surface area contributed by atoms with Crippen molar-refractivity contribution in [3.8, 4) is 11.5 Å². The van der Waals surface area contributed by atoms with Crippen LogP contribution in [0.2, 0.25) is 0 Å². The lowest BCUT2D eigenvalue weighted by molar-refractivity contribution is -0.173. The summed E-state index contributed by atoms with van der Waals surface area (Å²) in [5.74, 6) is -11.3. The van der Waals surface area contributed by atoms with Gasteiger partial charge in [-0.3, -0.25) is 43.3 Å². The Morgan fingerprint density at radius 2 is 0.620 bits per heavy atom. The zero-order valence-corrected chi connectivity index (χ0v) is 47.7. The number of rotatable bonds is 11. The lowest BCUT2D eigenvalue weighted by Crippen LogP contribution is -2.41. The summed E-state index contributed by atoms with van der Waals surface area (Å²) < 4.78 is 187. The fourth-order valence-corrected chi connectivity index (χ4v) is 11.7. The van der Waals surface area contributed by atoms with Gasteiger partial charge in [0.1, 0.15) is 22.3 Å². The van der Waals surface area contributed by atoms with Crippen LogP contribution in [0.5, 0.6) is 11.5 Å². The minimum Gasteiger partial charge on any atom is -0.457 e. The molecule has 0 saturated heterocycles. The van der Waals surface area contributed by atoms with Gasteiger partial charge in [-0.05, 0) is 146 Å². The average molecular weight is 1270 g/mol.